The van der Waals surface area contributed by atoms with Crippen molar-refractivity contribution in [2.75, 3.05) is 39.6 Å². The molecule has 0 aromatic carbocycles. The molecule has 0 saturated carbocycles. The Morgan fingerprint density at radius 2 is 0.585 bits per heavy atom. The van der Waals surface area contributed by atoms with Crippen LogP contribution in [0.2, 0.25) is 0 Å². The van der Waals surface area contributed by atoms with Gasteiger partial charge in [0.1, 0.15) is 19.3 Å². The predicted octanol–water partition coefficient (Wildman–Crippen LogP) is 17.3. The lowest BCUT2D eigenvalue weighted by atomic mass is 9.99. The van der Waals surface area contributed by atoms with Crippen LogP contribution in [-0.2, 0) is 65.4 Å². The summed E-state index contributed by atoms with van der Waals surface area (Å²) < 4.78 is 67.8. The van der Waals surface area contributed by atoms with E-state index in [1.54, 1.807) is 0 Å². The molecule has 4 unspecified atom stereocenters. The van der Waals surface area contributed by atoms with Gasteiger partial charge in [-0.15, -0.1) is 0 Å². The van der Waals surface area contributed by atoms with Gasteiger partial charge in [0.25, 0.3) is 0 Å². The van der Waals surface area contributed by atoms with Gasteiger partial charge in [-0.05, 0) is 37.5 Å². The topological polar surface area (TPSA) is 237 Å². The van der Waals surface area contributed by atoms with Gasteiger partial charge in [0.05, 0.1) is 26.4 Å². The molecule has 0 aliphatic rings. The zero-order valence-electron chi connectivity index (χ0n) is 52.8. The molecule has 486 valence electrons. The molecule has 82 heavy (non-hydrogen) atoms. The van der Waals surface area contributed by atoms with Crippen molar-refractivity contribution in [3.8, 4) is 0 Å². The molecular formula is C63H122O17P2. The number of ether oxygens (including phenoxy) is 4. The number of phosphoric ester groups is 2. The SMILES string of the molecule is CCCCCCCCCCCCCC(=O)O[C@H](COC(=O)CCCCCCC)COP(=O)(O)OC[C@H](O)COP(=O)(O)OC[C@@H](COC(=O)CCCCCCCCCCC(C)CC)OC(=O)CCCCCCCCCCCCC(C)CC. The van der Waals surface area contributed by atoms with Gasteiger partial charge in [-0.25, -0.2) is 9.13 Å². The van der Waals surface area contributed by atoms with Gasteiger partial charge in [-0.2, -0.15) is 0 Å². The Labute approximate surface area is 498 Å². The summed E-state index contributed by atoms with van der Waals surface area (Å²) in [5, 5.41) is 10.5. The van der Waals surface area contributed by atoms with Crippen LogP contribution < -0.4 is 0 Å². The molecule has 0 spiro atoms. The van der Waals surface area contributed by atoms with Crippen LogP contribution in [-0.4, -0.2) is 96.7 Å². The third-order valence-electron chi connectivity index (χ3n) is 15.2. The van der Waals surface area contributed by atoms with Crippen molar-refractivity contribution in [1.82, 2.24) is 0 Å². The summed E-state index contributed by atoms with van der Waals surface area (Å²) >= 11 is 0. The van der Waals surface area contributed by atoms with E-state index >= 15 is 0 Å². The Kier molecular flexibility index (Phi) is 54.3. The number of aliphatic hydroxyl groups excluding tert-OH is 1. The van der Waals surface area contributed by atoms with Crippen LogP contribution >= 0.6 is 15.6 Å². The Morgan fingerprint density at radius 1 is 0.341 bits per heavy atom. The van der Waals surface area contributed by atoms with Crippen molar-refractivity contribution >= 4 is 39.5 Å². The number of hydrogen-bond acceptors (Lipinski definition) is 15. The molecule has 0 fully saturated rings. The number of esters is 4. The quantitative estimate of drug-likeness (QED) is 0.0222. The molecule has 0 aromatic rings. The van der Waals surface area contributed by atoms with Gasteiger partial charge >= 0.3 is 39.5 Å². The summed E-state index contributed by atoms with van der Waals surface area (Å²) in [6.07, 6.45) is 37.7. The van der Waals surface area contributed by atoms with Crippen molar-refractivity contribution in [3.05, 3.63) is 0 Å². The van der Waals surface area contributed by atoms with E-state index < -0.39 is 97.5 Å². The fraction of sp³-hybridized carbons (Fsp3) is 0.937. The van der Waals surface area contributed by atoms with Gasteiger partial charge in [0, 0.05) is 25.7 Å². The van der Waals surface area contributed by atoms with Gasteiger partial charge in [0.15, 0.2) is 12.2 Å². The van der Waals surface area contributed by atoms with Crippen LogP contribution in [0.1, 0.15) is 311 Å². The van der Waals surface area contributed by atoms with Gasteiger partial charge in [0.2, 0.25) is 0 Å². The Morgan fingerprint density at radius 3 is 0.866 bits per heavy atom. The molecule has 0 aliphatic heterocycles. The average molecular weight is 1210 g/mol. The van der Waals surface area contributed by atoms with E-state index in [1.807, 2.05) is 0 Å². The Balaban J connectivity index is 5.19. The highest BCUT2D eigenvalue weighted by Crippen LogP contribution is 2.45. The van der Waals surface area contributed by atoms with Crippen molar-refractivity contribution in [2.24, 2.45) is 11.8 Å². The zero-order chi connectivity index (χ0) is 60.8. The molecule has 0 amide bonds. The fourth-order valence-electron chi connectivity index (χ4n) is 9.29. The second-order valence-corrected chi connectivity index (χ2v) is 26.2. The van der Waals surface area contributed by atoms with Gasteiger partial charge in [-0.3, -0.25) is 37.3 Å². The van der Waals surface area contributed by atoms with Crippen LogP contribution in [0, 0.1) is 11.8 Å². The second-order valence-electron chi connectivity index (χ2n) is 23.3. The minimum absolute atomic E-state index is 0.106. The first-order valence-corrected chi connectivity index (χ1v) is 36.1. The average Bonchev–Trinajstić information content (AvgIpc) is 3.50. The van der Waals surface area contributed by atoms with Crippen molar-refractivity contribution in [1.29, 1.82) is 0 Å². The van der Waals surface area contributed by atoms with E-state index in [-0.39, 0.29) is 25.7 Å². The molecule has 7 atom stereocenters. The Bertz CT molecular complexity index is 1620. The zero-order valence-corrected chi connectivity index (χ0v) is 54.6. The maximum atomic E-state index is 13.0. The summed E-state index contributed by atoms with van der Waals surface area (Å²) in [6, 6.07) is 0. The normalized spacial score (nSPS) is 15.0. The first kappa shape index (κ1) is 80.1. The van der Waals surface area contributed by atoms with E-state index in [4.69, 9.17) is 37.0 Å². The molecule has 17 nitrogen and oxygen atoms in total. The highest BCUT2D eigenvalue weighted by molar-refractivity contribution is 7.47. The van der Waals surface area contributed by atoms with Crippen molar-refractivity contribution in [2.45, 2.75) is 330 Å². The third-order valence-corrected chi connectivity index (χ3v) is 17.1. The minimum atomic E-state index is -4.94. The molecule has 0 aliphatic carbocycles. The van der Waals surface area contributed by atoms with E-state index in [2.05, 4.69) is 41.5 Å². The maximum absolute atomic E-state index is 13.0. The lowest BCUT2D eigenvalue weighted by Gasteiger charge is -2.21. The molecule has 3 N–H and O–H groups in total. The van der Waals surface area contributed by atoms with E-state index in [0.29, 0.717) is 25.7 Å². The van der Waals surface area contributed by atoms with Crippen LogP contribution in [0.25, 0.3) is 0 Å². The molecular weight excluding hydrogens is 1090 g/mol. The smallest absolute Gasteiger partial charge is 0.462 e. The largest absolute Gasteiger partial charge is 0.472 e. The lowest BCUT2D eigenvalue weighted by Crippen LogP contribution is -2.30. The summed E-state index contributed by atoms with van der Waals surface area (Å²) in [5.41, 5.74) is 0. The number of aliphatic hydroxyl groups is 1. The first-order chi connectivity index (χ1) is 39.4. The van der Waals surface area contributed by atoms with Crippen molar-refractivity contribution < 1.29 is 80.2 Å². The second kappa shape index (κ2) is 55.6. The van der Waals surface area contributed by atoms with Crippen LogP contribution in [0.15, 0.2) is 0 Å². The monoisotopic (exact) mass is 1210 g/mol. The van der Waals surface area contributed by atoms with E-state index in [9.17, 15) is 43.2 Å². The number of carbonyl (C=O) groups is 4. The predicted molar refractivity (Wildman–Crippen MR) is 326 cm³/mol. The molecule has 0 rings (SSSR count). The highest BCUT2D eigenvalue weighted by atomic mass is 31.2. The molecule has 19 heteroatoms. The summed E-state index contributed by atoms with van der Waals surface area (Å²) in [6.45, 7) is 9.43. The minimum Gasteiger partial charge on any atom is -0.462 e. The van der Waals surface area contributed by atoms with E-state index in [0.717, 1.165) is 108 Å². The number of unbranched alkanes of at least 4 members (excludes halogenated alkanes) is 30. The molecule has 0 radical (unpaired) electrons. The van der Waals surface area contributed by atoms with Crippen LogP contribution in [0.5, 0.6) is 0 Å². The summed E-state index contributed by atoms with van der Waals surface area (Å²) in [4.78, 5) is 71.9. The third kappa shape index (κ3) is 54.7. The fourth-order valence-corrected chi connectivity index (χ4v) is 10.9. The van der Waals surface area contributed by atoms with E-state index in [1.165, 1.54) is 122 Å². The molecule has 0 aromatic heterocycles. The van der Waals surface area contributed by atoms with Crippen LogP contribution in [0.4, 0.5) is 0 Å². The molecule has 0 heterocycles. The number of carbonyl (C=O) groups excluding carboxylic acids is 4. The van der Waals surface area contributed by atoms with Gasteiger partial charge < -0.3 is 33.8 Å². The number of rotatable bonds is 62. The number of phosphoric acid groups is 2. The maximum Gasteiger partial charge on any atom is 0.472 e. The number of hydrogen-bond donors (Lipinski definition) is 3. The lowest BCUT2D eigenvalue weighted by molar-refractivity contribution is -0.161. The first-order valence-electron chi connectivity index (χ1n) is 33.1. The Hall–Kier alpha value is -1.94. The molecule has 0 bridgehead atoms. The molecule has 0 saturated heterocycles. The summed E-state index contributed by atoms with van der Waals surface area (Å²) in [5.74, 6) is -0.565. The van der Waals surface area contributed by atoms with Gasteiger partial charge in [-0.1, -0.05) is 260 Å². The summed E-state index contributed by atoms with van der Waals surface area (Å²) in [7, 11) is -9.88. The standard InChI is InChI=1S/C63H122O17P2/c1-7-11-13-15-16-17-18-22-29-35-41-47-62(67)79-58(51-73-60(65)45-39-31-14-12-8-2)53-77-81(69,70)75-49-57(64)50-76-82(71,72)78-54-59(52-74-61(66)46-40-34-28-25-24-27-33-38-44-56(6)10-4)80-63(68)48-42-36-30-23-20-19-21-26-32-37-43-55(5)9-3/h55-59,64H,7-54H2,1-6H3,(H,69,70)(H,71,72)/t55?,56?,57-,58+,59+/m0/s1. The van der Waals surface area contributed by atoms with Crippen LogP contribution in [0.3, 0.4) is 0 Å². The van der Waals surface area contributed by atoms with Crippen molar-refractivity contribution in [3.63, 3.8) is 0 Å². The highest BCUT2D eigenvalue weighted by Gasteiger charge is 2.30.